The zero-order valence-electron chi connectivity index (χ0n) is 8.42. The zero-order chi connectivity index (χ0) is 8.97. The molecular weight excluding hydrogens is 148 g/mol. The molecule has 1 aliphatic carbocycles. The van der Waals surface area contributed by atoms with Crippen molar-refractivity contribution < 1.29 is 5.11 Å². The Bertz CT molecular complexity index is 116. The zero-order valence-corrected chi connectivity index (χ0v) is 8.42. The molecule has 0 aromatic heterocycles. The molecule has 0 amide bonds. The summed E-state index contributed by atoms with van der Waals surface area (Å²) < 4.78 is 0. The van der Waals surface area contributed by atoms with Gasteiger partial charge in [0.2, 0.25) is 0 Å². The van der Waals surface area contributed by atoms with Crippen LogP contribution in [0.1, 0.15) is 52.4 Å². The van der Waals surface area contributed by atoms with Gasteiger partial charge in [0.25, 0.3) is 0 Å². The lowest BCUT2D eigenvalue weighted by Crippen LogP contribution is -2.19. The molecule has 1 fully saturated rings. The molecule has 1 nitrogen and oxygen atoms in total. The lowest BCUT2D eigenvalue weighted by atomic mass is 9.91. The summed E-state index contributed by atoms with van der Waals surface area (Å²) in [5.74, 6) is 1.32. The average molecular weight is 170 g/mol. The molecule has 1 rings (SSSR count). The van der Waals surface area contributed by atoms with Crippen molar-refractivity contribution in [3.8, 4) is 0 Å². The summed E-state index contributed by atoms with van der Waals surface area (Å²) in [7, 11) is 0. The SMILES string of the molecule is CCC(C)C(O)CC1CCCC1. The maximum absolute atomic E-state index is 9.78. The van der Waals surface area contributed by atoms with E-state index in [0.29, 0.717) is 5.92 Å². The molecule has 2 unspecified atom stereocenters. The summed E-state index contributed by atoms with van der Waals surface area (Å²) in [6, 6.07) is 0. The van der Waals surface area contributed by atoms with Gasteiger partial charge in [0.05, 0.1) is 6.10 Å². The van der Waals surface area contributed by atoms with Crippen LogP contribution in [-0.2, 0) is 0 Å². The molecule has 0 aromatic carbocycles. The fraction of sp³-hybridized carbons (Fsp3) is 1.00. The number of hydrogen-bond donors (Lipinski definition) is 1. The molecule has 1 saturated carbocycles. The molecule has 1 aliphatic rings. The van der Waals surface area contributed by atoms with Gasteiger partial charge in [-0.3, -0.25) is 0 Å². The van der Waals surface area contributed by atoms with E-state index in [2.05, 4.69) is 13.8 Å². The Morgan fingerprint density at radius 1 is 1.33 bits per heavy atom. The van der Waals surface area contributed by atoms with Crippen molar-refractivity contribution in [3.63, 3.8) is 0 Å². The first kappa shape index (κ1) is 10.0. The fourth-order valence-corrected chi connectivity index (χ4v) is 2.09. The molecular formula is C11H22O. The van der Waals surface area contributed by atoms with E-state index in [4.69, 9.17) is 0 Å². The maximum atomic E-state index is 9.78. The van der Waals surface area contributed by atoms with Crippen LogP contribution >= 0.6 is 0 Å². The van der Waals surface area contributed by atoms with Crippen molar-refractivity contribution in [2.24, 2.45) is 11.8 Å². The van der Waals surface area contributed by atoms with Gasteiger partial charge in [0.15, 0.2) is 0 Å². The lowest BCUT2D eigenvalue weighted by molar-refractivity contribution is 0.0884. The third-order valence-corrected chi connectivity index (χ3v) is 3.35. The van der Waals surface area contributed by atoms with Crippen molar-refractivity contribution in [2.45, 2.75) is 58.5 Å². The van der Waals surface area contributed by atoms with Crippen LogP contribution in [0.4, 0.5) is 0 Å². The Labute approximate surface area is 76.2 Å². The summed E-state index contributed by atoms with van der Waals surface area (Å²) in [5.41, 5.74) is 0. The van der Waals surface area contributed by atoms with E-state index in [0.717, 1.165) is 18.8 Å². The van der Waals surface area contributed by atoms with Gasteiger partial charge in [-0.25, -0.2) is 0 Å². The molecule has 0 aliphatic heterocycles. The number of rotatable bonds is 4. The van der Waals surface area contributed by atoms with Crippen molar-refractivity contribution >= 4 is 0 Å². The maximum Gasteiger partial charge on any atom is 0.0568 e. The van der Waals surface area contributed by atoms with Crippen LogP contribution in [0.5, 0.6) is 0 Å². The lowest BCUT2D eigenvalue weighted by Gasteiger charge is -2.20. The largest absolute Gasteiger partial charge is 0.393 e. The van der Waals surface area contributed by atoms with Crippen LogP contribution in [0.2, 0.25) is 0 Å². The third-order valence-electron chi connectivity index (χ3n) is 3.35. The highest BCUT2D eigenvalue weighted by Gasteiger charge is 2.21. The Hall–Kier alpha value is -0.0400. The highest BCUT2D eigenvalue weighted by molar-refractivity contribution is 4.73. The van der Waals surface area contributed by atoms with Gasteiger partial charge in [-0.2, -0.15) is 0 Å². The summed E-state index contributed by atoms with van der Waals surface area (Å²) in [4.78, 5) is 0. The first-order chi connectivity index (χ1) is 5.74. The molecule has 1 N–H and O–H groups in total. The Morgan fingerprint density at radius 2 is 1.92 bits per heavy atom. The van der Waals surface area contributed by atoms with Crippen molar-refractivity contribution in [1.29, 1.82) is 0 Å². The minimum absolute atomic E-state index is 0.0434. The molecule has 1 heteroatoms. The minimum Gasteiger partial charge on any atom is -0.393 e. The van der Waals surface area contributed by atoms with Crippen molar-refractivity contribution in [1.82, 2.24) is 0 Å². The van der Waals surface area contributed by atoms with Crippen LogP contribution in [0.25, 0.3) is 0 Å². The first-order valence-corrected chi connectivity index (χ1v) is 5.42. The molecule has 0 radical (unpaired) electrons. The normalized spacial score (nSPS) is 24.2. The second-order valence-corrected chi connectivity index (χ2v) is 4.34. The summed E-state index contributed by atoms with van der Waals surface area (Å²) in [6.45, 7) is 4.31. The van der Waals surface area contributed by atoms with Gasteiger partial charge in [-0.15, -0.1) is 0 Å². The van der Waals surface area contributed by atoms with E-state index in [1.165, 1.54) is 25.7 Å². The summed E-state index contributed by atoms with van der Waals surface area (Å²) in [5, 5.41) is 9.78. The predicted molar refractivity (Wildman–Crippen MR) is 52.0 cm³/mol. The molecule has 0 aromatic rings. The summed E-state index contributed by atoms with van der Waals surface area (Å²) in [6.07, 6.45) is 7.60. The first-order valence-electron chi connectivity index (χ1n) is 5.42. The molecule has 0 saturated heterocycles. The molecule has 0 bridgehead atoms. The molecule has 0 heterocycles. The second-order valence-electron chi connectivity index (χ2n) is 4.34. The summed E-state index contributed by atoms with van der Waals surface area (Å²) >= 11 is 0. The van der Waals surface area contributed by atoms with Crippen molar-refractivity contribution in [2.75, 3.05) is 0 Å². The van der Waals surface area contributed by atoms with Crippen LogP contribution in [0.3, 0.4) is 0 Å². The van der Waals surface area contributed by atoms with Crippen LogP contribution in [-0.4, -0.2) is 11.2 Å². The molecule has 2 atom stereocenters. The number of aliphatic hydroxyl groups excluding tert-OH is 1. The molecule has 0 spiro atoms. The van der Waals surface area contributed by atoms with Crippen molar-refractivity contribution in [3.05, 3.63) is 0 Å². The Morgan fingerprint density at radius 3 is 2.42 bits per heavy atom. The Balaban J connectivity index is 2.19. The second kappa shape index (κ2) is 4.86. The van der Waals surface area contributed by atoms with Gasteiger partial charge >= 0.3 is 0 Å². The van der Waals surface area contributed by atoms with E-state index >= 15 is 0 Å². The van der Waals surface area contributed by atoms with Crippen LogP contribution < -0.4 is 0 Å². The predicted octanol–water partition coefficient (Wildman–Crippen LogP) is 2.97. The van der Waals surface area contributed by atoms with E-state index in [-0.39, 0.29) is 6.10 Å². The standard InChI is InChI=1S/C11H22O/c1-3-9(2)11(12)8-10-6-4-5-7-10/h9-12H,3-8H2,1-2H3. The third kappa shape index (κ3) is 2.78. The Kier molecular flexibility index (Phi) is 4.07. The average Bonchev–Trinajstić information content (AvgIpc) is 2.55. The highest BCUT2D eigenvalue weighted by atomic mass is 16.3. The van der Waals surface area contributed by atoms with Gasteiger partial charge < -0.3 is 5.11 Å². The quantitative estimate of drug-likeness (QED) is 0.687. The van der Waals surface area contributed by atoms with E-state index in [1.807, 2.05) is 0 Å². The number of aliphatic hydroxyl groups is 1. The van der Waals surface area contributed by atoms with E-state index < -0.39 is 0 Å². The smallest absolute Gasteiger partial charge is 0.0568 e. The minimum atomic E-state index is -0.0434. The molecule has 12 heavy (non-hydrogen) atoms. The molecule has 72 valence electrons. The highest BCUT2D eigenvalue weighted by Crippen LogP contribution is 2.30. The monoisotopic (exact) mass is 170 g/mol. The van der Waals surface area contributed by atoms with E-state index in [9.17, 15) is 5.11 Å². The fourth-order valence-electron chi connectivity index (χ4n) is 2.09. The van der Waals surface area contributed by atoms with Crippen LogP contribution in [0.15, 0.2) is 0 Å². The topological polar surface area (TPSA) is 20.2 Å². The van der Waals surface area contributed by atoms with Gasteiger partial charge in [0.1, 0.15) is 0 Å². The van der Waals surface area contributed by atoms with Gasteiger partial charge in [-0.1, -0.05) is 46.0 Å². The van der Waals surface area contributed by atoms with Gasteiger partial charge in [-0.05, 0) is 18.3 Å². The van der Waals surface area contributed by atoms with Gasteiger partial charge in [0, 0.05) is 0 Å². The van der Waals surface area contributed by atoms with Crippen LogP contribution in [0, 0.1) is 11.8 Å². The number of hydrogen-bond acceptors (Lipinski definition) is 1. The van der Waals surface area contributed by atoms with E-state index in [1.54, 1.807) is 0 Å².